The number of methoxy groups -OCH3 is 1. The average molecular weight is 387 g/mol. The van der Waals surface area contributed by atoms with Gasteiger partial charge in [0.1, 0.15) is 22.9 Å². The Morgan fingerprint density at radius 3 is 2.64 bits per heavy atom. The lowest BCUT2D eigenvalue weighted by atomic mass is 9.66. The monoisotopic (exact) mass is 386 g/mol. The van der Waals surface area contributed by atoms with Gasteiger partial charge in [0.2, 0.25) is 0 Å². The summed E-state index contributed by atoms with van der Waals surface area (Å²) in [5.41, 5.74) is 2.21. The standard InChI is InChI=1S/C25H38O3/c1-7-8-9-10-13-24(2,3)17-14-21(27-6)23-19-16-18(26)11-12-20(19)25(4,5)28-22(23)15-17/h14-15,19-20H,7-13,16H2,1-6H3/t19-,20-/m1/s1. The highest BCUT2D eigenvalue weighted by molar-refractivity contribution is 5.81. The van der Waals surface area contributed by atoms with Crippen molar-refractivity contribution in [2.24, 2.45) is 5.92 Å². The zero-order valence-electron chi connectivity index (χ0n) is 18.7. The van der Waals surface area contributed by atoms with Crippen LogP contribution in [0.25, 0.3) is 0 Å². The van der Waals surface area contributed by atoms with Crippen LogP contribution < -0.4 is 9.47 Å². The maximum atomic E-state index is 12.3. The summed E-state index contributed by atoms with van der Waals surface area (Å²) in [5, 5.41) is 0. The van der Waals surface area contributed by atoms with Gasteiger partial charge < -0.3 is 9.47 Å². The SMILES string of the molecule is CCCCCCC(C)(C)c1cc(OC)c2c(c1)OC(C)(C)[C@@H]1CCC(=O)C[C@@H]21. The highest BCUT2D eigenvalue weighted by Crippen LogP contribution is 2.54. The Morgan fingerprint density at radius 2 is 1.96 bits per heavy atom. The molecule has 1 aromatic rings. The van der Waals surface area contributed by atoms with Crippen LogP contribution in [0.2, 0.25) is 0 Å². The fraction of sp³-hybridized carbons (Fsp3) is 0.720. The number of Topliss-reactive ketones (excluding diaryl/α,β-unsaturated/α-hetero) is 1. The molecule has 1 fully saturated rings. The smallest absolute Gasteiger partial charge is 0.133 e. The number of benzene rings is 1. The van der Waals surface area contributed by atoms with Crippen LogP contribution in [0.3, 0.4) is 0 Å². The Bertz CT molecular complexity index is 717. The first-order chi connectivity index (χ1) is 13.2. The normalized spacial score (nSPS) is 23.6. The minimum absolute atomic E-state index is 0.0722. The van der Waals surface area contributed by atoms with Gasteiger partial charge in [-0.25, -0.2) is 0 Å². The number of hydrogen-bond donors (Lipinski definition) is 0. The van der Waals surface area contributed by atoms with E-state index in [0.29, 0.717) is 24.5 Å². The molecule has 0 aromatic heterocycles. The Kier molecular flexibility index (Phi) is 6.12. The topological polar surface area (TPSA) is 35.5 Å². The van der Waals surface area contributed by atoms with Crippen LogP contribution in [0.4, 0.5) is 0 Å². The molecular formula is C25H38O3. The minimum Gasteiger partial charge on any atom is -0.496 e. The molecule has 1 aliphatic carbocycles. The summed E-state index contributed by atoms with van der Waals surface area (Å²) in [4.78, 5) is 12.3. The third-order valence-electron chi connectivity index (χ3n) is 7.07. The lowest BCUT2D eigenvalue weighted by Crippen LogP contribution is -2.47. The van der Waals surface area contributed by atoms with Gasteiger partial charge in [0.25, 0.3) is 0 Å². The van der Waals surface area contributed by atoms with Gasteiger partial charge in [0.05, 0.1) is 7.11 Å². The van der Waals surface area contributed by atoms with Gasteiger partial charge in [0.15, 0.2) is 0 Å². The molecule has 3 rings (SSSR count). The molecule has 0 unspecified atom stereocenters. The minimum atomic E-state index is -0.257. The second-order valence-electron chi connectivity index (χ2n) is 9.98. The van der Waals surface area contributed by atoms with Crippen molar-refractivity contribution in [3.05, 3.63) is 23.3 Å². The quantitative estimate of drug-likeness (QED) is 0.497. The van der Waals surface area contributed by atoms with Crippen LogP contribution in [-0.4, -0.2) is 18.5 Å². The van der Waals surface area contributed by atoms with Gasteiger partial charge in [-0.2, -0.15) is 0 Å². The van der Waals surface area contributed by atoms with E-state index < -0.39 is 0 Å². The molecule has 0 bridgehead atoms. The molecule has 1 aliphatic heterocycles. The van der Waals surface area contributed by atoms with E-state index in [2.05, 4.69) is 46.8 Å². The second kappa shape index (κ2) is 8.08. The molecule has 1 aromatic carbocycles. The average Bonchev–Trinajstić information content (AvgIpc) is 2.63. The Balaban J connectivity index is 1.97. The van der Waals surface area contributed by atoms with Crippen molar-refractivity contribution in [2.75, 3.05) is 7.11 Å². The first-order valence-electron chi connectivity index (χ1n) is 11.1. The van der Waals surface area contributed by atoms with E-state index in [-0.39, 0.29) is 16.9 Å². The number of ketones is 1. The van der Waals surface area contributed by atoms with Gasteiger partial charge in [-0.05, 0) is 49.8 Å². The first-order valence-corrected chi connectivity index (χ1v) is 11.1. The predicted octanol–water partition coefficient (Wildman–Crippen LogP) is 6.57. The Morgan fingerprint density at radius 1 is 1.21 bits per heavy atom. The molecule has 0 amide bonds. The van der Waals surface area contributed by atoms with Gasteiger partial charge in [0, 0.05) is 30.2 Å². The van der Waals surface area contributed by atoms with Crippen molar-refractivity contribution < 1.29 is 14.3 Å². The van der Waals surface area contributed by atoms with Crippen LogP contribution in [0.15, 0.2) is 12.1 Å². The lowest BCUT2D eigenvalue weighted by molar-refractivity contribution is -0.124. The van der Waals surface area contributed by atoms with Crippen molar-refractivity contribution >= 4 is 5.78 Å². The van der Waals surface area contributed by atoms with Gasteiger partial charge >= 0.3 is 0 Å². The first kappa shape index (κ1) is 21.2. The molecule has 1 heterocycles. The summed E-state index contributed by atoms with van der Waals surface area (Å²) in [6.07, 6.45) is 8.44. The van der Waals surface area contributed by atoms with Crippen molar-refractivity contribution in [1.82, 2.24) is 0 Å². The molecule has 0 N–H and O–H groups in total. The second-order valence-corrected chi connectivity index (χ2v) is 9.98. The van der Waals surface area contributed by atoms with Crippen LogP contribution in [0.5, 0.6) is 11.5 Å². The van der Waals surface area contributed by atoms with E-state index in [4.69, 9.17) is 9.47 Å². The largest absolute Gasteiger partial charge is 0.496 e. The molecular weight excluding hydrogens is 348 g/mol. The van der Waals surface area contributed by atoms with Crippen molar-refractivity contribution in [3.8, 4) is 11.5 Å². The zero-order valence-corrected chi connectivity index (χ0v) is 18.7. The Hall–Kier alpha value is -1.51. The third-order valence-corrected chi connectivity index (χ3v) is 7.07. The van der Waals surface area contributed by atoms with E-state index >= 15 is 0 Å². The highest BCUT2D eigenvalue weighted by Gasteiger charge is 2.48. The summed E-state index contributed by atoms with van der Waals surface area (Å²) in [7, 11) is 1.74. The molecule has 0 radical (unpaired) electrons. The van der Waals surface area contributed by atoms with Crippen LogP contribution in [-0.2, 0) is 10.2 Å². The molecule has 3 heteroatoms. The third kappa shape index (κ3) is 4.09. The van der Waals surface area contributed by atoms with Crippen LogP contribution in [0.1, 0.15) is 103 Å². The predicted molar refractivity (Wildman–Crippen MR) is 115 cm³/mol. The molecule has 2 aliphatic rings. The molecule has 28 heavy (non-hydrogen) atoms. The number of carbonyl (C=O) groups excluding carboxylic acids is 1. The summed E-state index contributed by atoms with van der Waals surface area (Å²) in [5.74, 6) is 2.76. The van der Waals surface area contributed by atoms with E-state index in [0.717, 1.165) is 29.9 Å². The fourth-order valence-electron chi connectivity index (χ4n) is 5.25. The van der Waals surface area contributed by atoms with E-state index in [1.165, 1.54) is 31.2 Å². The number of ether oxygens (including phenoxy) is 2. The molecule has 0 saturated heterocycles. The number of fused-ring (bicyclic) bond motifs is 3. The van der Waals surface area contributed by atoms with Crippen molar-refractivity contribution in [3.63, 3.8) is 0 Å². The van der Waals surface area contributed by atoms with Crippen LogP contribution >= 0.6 is 0 Å². The summed E-state index contributed by atoms with van der Waals surface area (Å²) < 4.78 is 12.4. The molecule has 1 saturated carbocycles. The van der Waals surface area contributed by atoms with Gasteiger partial charge in [-0.3, -0.25) is 4.79 Å². The summed E-state index contributed by atoms with van der Waals surface area (Å²) in [6.45, 7) is 11.3. The van der Waals surface area contributed by atoms with E-state index in [1.807, 2.05) is 0 Å². The summed E-state index contributed by atoms with van der Waals surface area (Å²) in [6, 6.07) is 4.44. The molecule has 156 valence electrons. The number of hydrogen-bond acceptors (Lipinski definition) is 3. The van der Waals surface area contributed by atoms with Crippen LogP contribution in [0, 0.1) is 5.92 Å². The Labute approximate surface area is 171 Å². The lowest BCUT2D eigenvalue weighted by Gasteiger charge is -2.47. The van der Waals surface area contributed by atoms with Crippen molar-refractivity contribution in [1.29, 1.82) is 0 Å². The summed E-state index contributed by atoms with van der Waals surface area (Å²) >= 11 is 0. The fourth-order valence-corrected chi connectivity index (χ4v) is 5.25. The maximum absolute atomic E-state index is 12.3. The molecule has 2 atom stereocenters. The highest BCUT2D eigenvalue weighted by atomic mass is 16.5. The number of carbonyl (C=O) groups is 1. The van der Waals surface area contributed by atoms with Gasteiger partial charge in [-0.15, -0.1) is 0 Å². The van der Waals surface area contributed by atoms with E-state index in [9.17, 15) is 4.79 Å². The maximum Gasteiger partial charge on any atom is 0.133 e. The molecule has 3 nitrogen and oxygen atoms in total. The van der Waals surface area contributed by atoms with Gasteiger partial charge in [-0.1, -0.05) is 46.5 Å². The number of unbranched alkanes of at least 4 members (excludes halogenated alkanes) is 3. The van der Waals surface area contributed by atoms with E-state index in [1.54, 1.807) is 7.11 Å². The van der Waals surface area contributed by atoms with Crippen molar-refractivity contribution in [2.45, 2.75) is 103 Å². The molecule has 0 spiro atoms. The zero-order chi connectivity index (χ0) is 20.5. The number of rotatable bonds is 7.